The topological polar surface area (TPSA) is 51.0 Å². The summed E-state index contributed by atoms with van der Waals surface area (Å²) in [6, 6.07) is 10.6. The molecule has 0 radical (unpaired) electrons. The zero-order valence-corrected chi connectivity index (χ0v) is 21.0. The Labute approximate surface area is 207 Å². The first-order valence-corrected chi connectivity index (χ1v) is 12.3. The predicted octanol–water partition coefficient (Wildman–Crippen LogP) is 6.28. The minimum absolute atomic E-state index is 0. The Bertz CT molecular complexity index is 1200. The van der Waals surface area contributed by atoms with Crippen LogP contribution in [0.3, 0.4) is 0 Å². The standard InChI is InChI=1S/C24H25FN4OS2.ClH/c1-17-4-9-21-23(18(17)2)27-24(32-21)29(13-3-12-28-14-11-26-16-28)22(30)10-15-31-20-7-5-19(25)6-8-20;/h4-9,11,14,16H,3,10,12-13,15H2,1-2H3;1H. The van der Waals surface area contributed by atoms with E-state index in [1.165, 1.54) is 17.7 Å². The number of hydrogen-bond donors (Lipinski definition) is 0. The SMILES string of the molecule is Cc1ccc2sc(N(CCCn3ccnc3)C(=O)CCSc3ccc(F)cc3)nc2c1C.Cl. The molecule has 0 saturated carbocycles. The minimum atomic E-state index is -0.254. The summed E-state index contributed by atoms with van der Waals surface area (Å²) in [7, 11) is 0. The number of carbonyl (C=O) groups excluding carboxylic acids is 1. The van der Waals surface area contributed by atoms with Crippen molar-refractivity contribution < 1.29 is 9.18 Å². The second-order valence-corrected chi connectivity index (χ2v) is 9.78. The van der Waals surface area contributed by atoms with Gasteiger partial charge in [-0.1, -0.05) is 17.4 Å². The van der Waals surface area contributed by atoms with Crippen LogP contribution in [0.1, 0.15) is 24.0 Å². The van der Waals surface area contributed by atoms with Crippen LogP contribution in [-0.4, -0.2) is 32.7 Å². The molecule has 4 aromatic rings. The smallest absolute Gasteiger partial charge is 0.229 e. The third-order valence-corrected chi connectivity index (χ3v) is 7.42. The average molecular weight is 505 g/mol. The van der Waals surface area contributed by atoms with Crippen molar-refractivity contribution in [2.24, 2.45) is 0 Å². The number of nitrogens with zero attached hydrogens (tertiary/aromatic N) is 4. The Morgan fingerprint density at radius 1 is 1.18 bits per heavy atom. The maximum atomic E-state index is 13.2. The van der Waals surface area contributed by atoms with Crippen molar-refractivity contribution in [3.63, 3.8) is 0 Å². The Balaban J connectivity index is 0.00000306. The van der Waals surface area contributed by atoms with Crippen molar-refractivity contribution in [3.8, 4) is 0 Å². The number of aryl methyl sites for hydroxylation is 3. The van der Waals surface area contributed by atoms with Crippen LogP contribution in [0.2, 0.25) is 0 Å². The Morgan fingerprint density at radius 3 is 2.70 bits per heavy atom. The van der Waals surface area contributed by atoms with Crippen LogP contribution in [-0.2, 0) is 11.3 Å². The van der Waals surface area contributed by atoms with Crippen molar-refractivity contribution in [1.29, 1.82) is 0 Å². The van der Waals surface area contributed by atoms with Crippen LogP contribution in [0.4, 0.5) is 9.52 Å². The molecule has 0 saturated heterocycles. The number of imidazole rings is 1. The third-order valence-electron chi connectivity index (χ3n) is 5.36. The molecule has 1 amide bonds. The maximum Gasteiger partial charge on any atom is 0.229 e. The fourth-order valence-corrected chi connectivity index (χ4v) is 5.32. The lowest BCUT2D eigenvalue weighted by Gasteiger charge is -2.20. The lowest BCUT2D eigenvalue weighted by atomic mass is 10.1. The normalized spacial score (nSPS) is 10.9. The third kappa shape index (κ3) is 6.34. The minimum Gasteiger partial charge on any atom is -0.337 e. The van der Waals surface area contributed by atoms with E-state index in [0.717, 1.165) is 38.8 Å². The first-order valence-electron chi connectivity index (χ1n) is 10.5. The van der Waals surface area contributed by atoms with Gasteiger partial charge in [0.05, 0.1) is 16.5 Å². The van der Waals surface area contributed by atoms with Crippen molar-refractivity contribution in [2.75, 3.05) is 17.2 Å². The quantitative estimate of drug-likeness (QED) is 0.252. The number of hydrogen-bond acceptors (Lipinski definition) is 5. The van der Waals surface area contributed by atoms with Gasteiger partial charge in [-0.25, -0.2) is 14.4 Å². The summed E-state index contributed by atoms with van der Waals surface area (Å²) in [5.41, 5.74) is 3.32. The van der Waals surface area contributed by atoms with Crippen LogP contribution in [0.25, 0.3) is 10.2 Å². The van der Waals surface area contributed by atoms with Crippen molar-refractivity contribution >= 4 is 56.8 Å². The molecule has 2 aromatic carbocycles. The second-order valence-electron chi connectivity index (χ2n) is 7.60. The molecular formula is C24H26ClFN4OS2. The largest absolute Gasteiger partial charge is 0.337 e. The molecule has 9 heteroatoms. The van der Waals surface area contributed by atoms with Gasteiger partial charge in [-0.2, -0.15) is 0 Å². The number of aromatic nitrogens is 3. The predicted molar refractivity (Wildman–Crippen MR) is 137 cm³/mol. The van der Waals surface area contributed by atoms with E-state index in [1.807, 2.05) is 15.7 Å². The summed E-state index contributed by atoms with van der Waals surface area (Å²) in [5.74, 6) is 0.431. The van der Waals surface area contributed by atoms with Gasteiger partial charge in [-0.3, -0.25) is 9.69 Å². The second kappa shape index (κ2) is 11.6. The highest BCUT2D eigenvalue weighted by Crippen LogP contribution is 2.32. The first-order chi connectivity index (χ1) is 15.5. The van der Waals surface area contributed by atoms with E-state index in [2.05, 4.69) is 31.0 Å². The fourth-order valence-electron chi connectivity index (χ4n) is 3.41. The molecule has 174 valence electrons. The number of rotatable bonds is 9. The van der Waals surface area contributed by atoms with Gasteiger partial charge in [0, 0.05) is 42.6 Å². The molecule has 0 bridgehead atoms. The van der Waals surface area contributed by atoms with Crippen LogP contribution in [0, 0.1) is 19.7 Å². The van der Waals surface area contributed by atoms with E-state index in [0.29, 0.717) is 18.7 Å². The number of carbonyl (C=O) groups is 1. The maximum absolute atomic E-state index is 13.2. The number of thioether (sulfide) groups is 1. The Kier molecular flexibility index (Phi) is 8.88. The molecule has 33 heavy (non-hydrogen) atoms. The lowest BCUT2D eigenvalue weighted by Crippen LogP contribution is -2.32. The van der Waals surface area contributed by atoms with Crippen molar-refractivity contribution in [2.45, 2.75) is 38.1 Å². The lowest BCUT2D eigenvalue weighted by molar-refractivity contribution is -0.118. The molecule has 0 aliphatic carbocycles. The Morgan fingerprint density at radius 2 is 1.97 bits per heavy atom. The van der Waals surface area contributed by atoms with Gasteiger partial charge in [-0.05, 0) is 61.7 Å². The number of thiazole rings is 1. The molecule has 0 aliphatic heterocycles. The van der Waals surface area contributed by atoms with Gasteiger partial charge in [0.1, 0.15) is 5.82 Å². The monoisotopic (exact) mass is 504 g/mol. The zero-order chi connectivity index (χ0) is 22.5. The number of amides is 1. The fraction of sp³-hybridized carbons (Fsp3) is 0.292. The molecule has 0 aliphatic rings. The molecule has 4 rings (SSSR count). The van der Waals surface area contributed by atoms with E-state index >= 15 is 0 Å². The molecular weight excluding hydrogens is 479 g/mol. The summed E-state index contributed by atoms with van der Waals surface area (Å²) in [4.78, 5) is 24.9. The summed E-state index contributed by atoms with van der Waals surface area (Å²) in [6.07, 6.45) is 6.67. The molecule has 2 aromatic heterocycles. The van der Waals surface area contributed by atoms with Crippen LogP contribution in [0.15, 0.2) is 60.0 Å². The summed E-state index contributed by atoms with van der Waals surface area (Å²) in [5, 5.41) is 0.746. The first kappa shape index (κ1) is 25.2. The Hall–Kier alpha value is -2.42. The van der Waals surface area contributed by atoms with Crippen molar-refractivity contribution in [1.82, 2.24) is 14.5 Å². The highest BCUT2D eigenvalue weighted by molar-refractivity contribution is 7.99. The molecule has 0 fully saturated rings. The summed E-state index contributed by atoms with van der Waals surface area (Å²) in [6.45, 7) is 5.54. The zero-order valence-electron chi connectivity index (χ0n) is 18.5. The van der Waals surface area contributed by atoms with Crippen LogP contribution >= 0.6 is 35.5 Å². The van der Waals surface area contributed by atoms with E-state index in [-0.39, 0.29) is 24.1 Å². The molecule has 2 heterocycles. The van der Waals surface area contributed by atoms with Gasteiger partial charge in [0.2, 0.25) is 5.91 Å². The highest BCUT2D eigenvalue weighted by Gasteiger charge is 2.20. The van der Waals surface area contributed by atoms with Crippen LogP contribution < -0.4 is 4.90 Å². The molecule has 5 nitrogen and oxygen atoms in total. The van der Waals surface area contributed by atoms with E-state index < -0.39 is 0 Å². The highest BCUT2D eigenvalue weighted by atomic mass is 35.5. The van der Waals surface area contributed by atoms with Gasteiger partial charge in [-0.15, -0.1) is 24.2 Å². The van der Waals surface area contributed by atoms with Crippen molar-refractivity contribution in [3.05, 3.63) is 72.1 Å². The van der Waals surface area contributed by atoms with Gasteiger partial charge < -0.3 is 4.57 Å². The molecule has 0 spiro atoms. The number of anilines is 1. The van der Waals surface area contributed by atoms with E-state index in [1.54, 1.807) is 47.8 Å². The van der Waals surface area contributed by atoms with Gasteiger partial charge in [0.25, 0.3) is 0 Å². The molecule has 0 unspecified atom stereocenters. The number of halogens is 2. The molecule has 0 atom stereocenters. The average Bonchev–Trinajstić information content (AvgIpc) is 3.45. The number of fused-ring (bicyclic) bond motifs is 1. The van der Waals surface area contributed by atoms with E-state index in [4.69, 9.17) is 4.98 Å². The van der Waals surface area contributed by atoms with Crippen LogP contribution in [0.5, 0.6) is 0 Å². The summed E-state index contributed by atoms with van der Waals surface area (Å²) >= 11 is 3.12. The van der Waals surface area contributed by atoms with Gasteiger partial charge in [0.15, 0.2) is 5.13 Å². The van der Waals surface area contributed by atoms with E-state index in [9.17, 15) is 9.18 Å². The summed E-state index contributed by atoms with van der Waals surface area (Å²) < 4.78 is 16.2. The number of benzene rings is 2. The van der Waals surface area contributed by atoms with Gasteiger partial charge >= 0.3 is 0 Å². The molecule has 0 N–H and O–H groups in total.